The average molecular weight is 513 g/mol. The van der Waals surface area contributed by atoms with Gasteiger partial charge in [0.2, 0.25) is 0 Å². The maximum absolute atomic E-state index is 14.2. The van der Waals surface area contributed by atoms with E-state index in [4.69, 9.17) is 11.6 Å². The van der Waals surface area contributed by atoms with Gasteiger partial charge in [0, 0.05) is 11.1 Å². The highest BCUT2D eigenvalue weighted by Crippen LogP contribution is 2.47. The van der Waals surface area contributed by atoms with E-state index in [1.807, 2.05) is 19.1 Å². The number of hydrogen-bond acceptors (Lipinski definition) is 5. The number of halogens is 1. The van der Waals surface area contributed by atoms with Crippen LogP contribution in [0.15, 0.2) is 89.3 Å². The minimum atomic E-state index is -4.58. The molecule has 0 aliphatic carbocycles. The van der Waals surface area contributed by atoms with Crippen LogP contribution in [0.1, 0.15) is 35.2 Å². The molecule has 1 aliphatic heterocycles. The summed E-state index contributed by atoms with van der Waals surface area (Å²) < 4.78 is 29.4. The van der Waals surface area contributed by atoms with Gasteiger partial charge in [0.25, 0.3) is 15.7 Å². The van der Waals surface area contributed by atoms with Gasteiger partial charge >= 0.3 is 5.97 Å². The fourth-order valence-electron chi connectivity index (χ4n) is 4.30. The summed E-state index contributed by atoms with van der Waals surface area (Å²) in [7, 11) is -4.58. The minimum Gasteiger partial charge on any atom is -0.478 e. The van der Waals surface area contributed by atoms with E-state index in [9.17, 15) is 28.4 Å². The largest absolute Gasteiger partial charge is 0.478 e. The van der Waals surface area contributed by atoms with Crippen LogP contribution < -0.4 is 0 Å². The van der Waals surface area contributed by atoms with Gasteiger partial charge in [-0.3, -0.25) is 10.1 Å². The average Bonchev–Trinajstić information content (AvgIpc) is 2.83. The highest BCUT2D eigenvalue weighted by molar-refractivity contribution is 7.89. The number of nitrogens with zero attached hydrogens (tertiary/aromatic N) is 2. The summed E-state index contributed by atoms with van der Waals surface area (Å²) >= 11 is 6.18. The molecule has 8 nitrogen and oxygen atoms in total. The van der Waals surface area contributed by atoms with Crippen LogP contribution in [0.4, 0.5) is 5.69 Å². The number of aryl methyl sites for hydroxylation is 1. The highest BCUT2D eigenvalue weighted by Gasteiger charge is 2.46. The number of nitro groups is 1. The number of nitro benzene ring substituents is 1. The number of carboxylic acid groups (broad SMARTS) is 1. The second-order valence-electron chi connectivity index (χ2n) is 8.14. The van der Waals surface area contributed by atoms with Crippen LogP contribution in [0, 0.1) is 17.0 Å². The molecule has 0 aromatic heterocycles. The maximum atomic E-state index is 14.2. The molecule has 0 spiro atoms. The van der Waals surface area contributed by atoms with Crippen molar-refractivity contribution in [2.24, 2.45) is 0 Å². The Balaban J connectivity index is 2.02. The van der Waals surface area contributed by atoms with Crippen molar-refractivity contribution >= 4 is 33.3 Å². The third-order valence-corrected chi connectivity index (χ3v) is 8.06. The Hall–Kier alpha value is -3.53. The molecule has 1 heterocycles. The summed E-state index contributed by atoms with van der Waals surface area (Å²) in [4.78, 5) is 22.7. The first kappa shape index (κ1) is 24.6. The quantitative estimate of drug-likeness (QED) is 0.347. The summed E-state index contributed by atoms with van der Waals surface area (Å²) in [6.45, 7) is 1.89. The number of para-hydroxylation sites is 1. The first-order chi connectivity index (χ1) is 16.6. The molecule has 0 bridgehead atoms. The summed E-state index contributed by atoms with van der Waals surface area (Å²) in [5.41, 5.74) is 1.19. The van der Waals surface area contributed by atoms with E-state index in [0.29, 0.717) is 16.1 Å². The van der Waals surface area contributed by atoms with Gasteiger partial charge in [0.05, 0.1) is 22.6 Å². The van der Waals surface area contributed by atoms with E-state index in [2.05, 4.69) is 0 Å². The van der Waals surface area contributed by atoms with Gasteiger partial charge < -0.3 is 5.11 Å². The lowest BCUT2D eigenvalue weighted by atomic mass is 9.89. The van der Waals surface area contributed by atoms with Gasteiger partial charge in [-0.25, -0.2) is 13.2 Å². The molecule has 0 unspecified atom stereocenters. The number of carbonyl (C=O) groups is 1. The Morgan fingerprint density at radius 3 is 2.37 bits per heavy atom. The smallest absolute Gasteiger partial charge is 0.333 e. The van der Waals surface area contributed by atoms with Crippen LogP contribution in [0.3, 0.4) is 0 Å². The Labute approximate surface area is 207 Å². The van der Waals surface area contributed by atoms with Gasteiger partial charge in [0.15, 0.2) is 4.90 Å². The second-order valence-corrected chi connectivity index (χ2v) is 10.4. The normalized spacial score (nSPS) is 18.6. The molecule has 1 aliphatic rings. The number of benzene rings is 3. The molecule has 0 fully saturated rings. The molecule has 0 saturated carbocycles. The predicted octanol–water partition coefficient (Wildman–Crippen LogP) is 5.44. The summed E-state index contributed by atoms with van der Waals surface area (Å²) in [6, 6.07) is 16.5. The number of sulfonamides is 1. The molecule has 2 atom stereocenters. The fourth-order valence-corrected chi connectivity index (χ4v) is 6.44. The fraction of sp³-hybridized carbons (Fsp3) is 0.160. The predicted molar refractivity (Wildman–Crippen MR) is 131 cm³/mol. The molecular formula is C25H21ClN2O6S. The lowest BCUT2D eigenvalue weighted by molar-refractivity contribution is -0.387. The molecule has 1 N–H and O–H groups in total. The molecule has 0 radical (unpaired) electrons. The molecule has 3 aromatic carbocycles. The molecule has 180 valence electrons. The van der Waals surface area contributed by atoms with Crippen molar-refractivity contribution in [2.75, 3.05) is 0 Å². The third-order valence-electron chi connectivity index (χ3n) is 5.91. The monoisotopic (exact) mass is 512 g/mol. The molecule has 35 heavy (non-hydrogen) atoms. The molecule has 0 saturated heterocycles. The van der Waals surface area contributed by atoms with Crippen molar-refractivity contribution in [1.82, 2.24) is 4.31 Å². The number of rotatable bonds is 6. The van der Waals surface area contributed by atoms with Crippen LogP contribution in [0.25, 0.3) is 0 Å². The molecule has 4 rings (SSSR count). The van der Waals surface area contributed by atoms with Gasteiger partial charge in [-0.2, -0.15) is 4.31 Å². The zero-order valence-electron chi connectivity index (χ0n) is 18.5. The first-order valence-electron chi connectivity index (χ1n) is 10.6. The van der Waals surface area contributed by atoms with Crippen molar-refractivity contribution in [2.45, 2.75) is 30.3 Å². The van der Waals surface area contributed by atoms with Crippen LogP contribution in [-0.2, 0) is 14.8 Å². The zero-order valence-corrected chi connectivity index (χ0v) is 20.1. The second kappa shape index (κ2) is 9.61. The lowest BCUT2D eigenvalue weighted by Crippen LogP contribution is -2.42. The van der Waals surface area contributed by atoms with E-state index in [-0.39, 0.29) is 12.0 Å². The van der Waals surface area contributed by atoms with E-state index in [1.54, 1.807) is 30.3 Å². The number of carboxylic acids is 1. The van der Waals surface area contributed by atoms with Crippen LogP contribution in [0.2, 0.25) is 5.02 Å². The standard InChI is InChI=1S/C25H21ClN2O6S/c1-16-9-11-17(12-10-16)21-14-13-20(25(29)30)24(18-5-4-6-19(26)15-18)27(21)35(33,34)23-8-3-2-7-22(23)28(31)32/h2-13,15,21,24H,14H2,1H3,(H,29,30)/t21-,24-/m0/s1. The molecule has 10 heteroatoms. The van der Waals surface area contributed by atoms with E-state index in [1.165, 1.54) is 24.3 Å². The van der Waals surface area contributed by atoms with E-state index in [0.717, 1.165) is 22.0 Å². The molecule has 3 aromatic rings. The Morgan fingerprint density at radius 1 is 1.06 bits per heavy atom. The Bertz CT molecular complexity index is 1440. The van der Waals surface area contributed by atoms with Crippen LogP contribution in [0.5, 0.6) is 0 Å². The van der Waals surface area contributed by atoms with Crippen molar-refractivity contribution in [3.63, 3.8) is 0 Å². The SMILES string of the molecule is Cc1ccc([C@@H]2CC=C(C(=O)O)[C@H](c3cccc(Cl)c3)N2S(=O)(=O)c2ccccc2[N+](=O)[O-])cc1. The minimum absolute atomic E-state index is 0.0711. The Kier molecular flexibility index (Phi) is 6.75. The van der Waals surface area contributed by atoms with Gasteiger partial charge in [-0.1, -0.05) is 71.8 Å². The molecular weight excluding hydrogens is 492 g/mol. The van der Waals surface area contributed by atoms with Gasteiger partial charge in [-0.05, 0) is 42.7 Å². The van der Waals surface area contributed by atoms with Crippen LogP contribution in [-0.4, -0.2) is 28.7 Å². The first-order valence-corrected chi connectivity index (χ1v) is 12.5. The zero-order chi connectivity index (χ0) is 25.3. The van der Waals surface area contributed by atoms with Crippen molar-refractivity contribution in [1.29, 1.82) is 0 Å². The van der Waals surface area contributed by atoms with E-state index >= 15 is 0 Å². The Morgan fingerprint density at radius 2 is 1.74 bits per heavy atom. The summed E-state index contributed by atoms with van der Waals surface area (Å²) in [6.07, 6.45) is 1.57. The van der Waals surface area contributed by atoms with Gasteiger partial charge in [-0.15, -0.1) is 0 Å². The maximum Gasteiger partial charge on any atom is 0.333 e. The van der Waals surface area contributed by atoms with Crippen LogP contribution >= 0.6 is 11.6 Å². The number of aliphatic carboxylic acids is 1. The topological polar surface area (TPSA) is 118 Å². The molecule has 0 amide bonds. The highest BCUT2D eigenvalue weighted by atomic mass is 35.5. The summed E-state index contributed by atoms with van der Waals surface area (Å²) in [5.74, 6) is -1.29. The lowest BCUT2D eigenvalue weighted by Gasteiger charge is -2.40. The van der Waals surface area contributed by atoms with E-state index < -0.39 is 43.6 Å². The van der Waals surface area contributed by atoms with Crippen molar-refractivity contribution in [3.05, 3.63) is 116 Å². The van der Waals surface area contributed by atoms with Gasteiger partial charge in [0.1, 0.15) is 0 Å². The van der Waals surface area contributed by atoms with Crippen molar-refractivity contribution < 1.29 is 23.2 Å². The summed E-state index contributed by atoms with van der Waals surface area (Å²) in [5, 5.41) is 22.0. The third kappa shape index (κ3) is 4.70. The number of hydrogen-bond donors (Lipinski definition) is 1. The van der Waals surface area contributed by atoms with Crippen molar-refractivity contribution in [3.8, 4) is 0 Å².